The summed E-state index contributed by atoms with van der Waals surface area (Å²) in [5, 5.41) is 0. The minimum absolute atomic E-state index is 0.107. The van der Waals surface area contributed by atoms with Crippen molar-refractivity contribution in [1.82, 2.24) is 0 Å². The molecular formula is C18H20O3. The maximum atomic E-state index is 6.23. The highest BCUT2D eigenvalue weighted by Crippen LogP contribution is 2.39. The number of hydrogen-bond donors (Lipinski definition) is 0. The van der Waals surface area contributed by atoms with Crippen LogP contribution >= 0.6 is 0 Å². The second kappa shape index (κ2) is 5.68. The Hall–Kier alpha value is -2.16. The largest absolute Gasteiger partial charge is 0.497 e. The van der Waals surface area contributed by atoms with E-state index >= 15 is 0 Å². The van der Waals surface area contributed by atoms with Crippen LogP contribution < -0.4 is 14.2 Å². The number of rotatable bonds is 3. The molecular weight excluding hydrogens is 264 g/mol. The molecule has 0 saturated heterocycles. The van der Waals surface area contributed by atoms with Gasteiger partial charge in [-0.1, -0.05) is 12.1 Å². The van der Waals surface area contributed by atoms with E-state index in [4.69, 9.17) is 14.2 Å². The highest BCUT2D eigenvalue weighted by Gasteiger charge is 2.23. The molecule has 0 amide bonds. The van der Waals surface area contributed by atoms with Gasteiger partial charge >= 0.3 is 0 Å². The Balaban J connectivity index is 1.86. The molecule has 1 unspecified atom stereocenters. The van der Waals surface area contributed by atoms with Crippen LogP contribution in [0.3, 0.4) is 0 Å². The fraction of sp³-hybridized carbons (Fsp3) is 0.333. The average molecular weight is 284 g/mol. The zero-order valence-corrected chi connectivity index (χ0v) is 12.7. The number of ether oxygens (including phenoxy) is 3. The van der Waals surface area contributed by atoms with E-state index in [1.54, 1.807) is 14.2 Å². The lowest BCUT2D eigenvalue weighted by molar-refractivity contribution is 0.175. The van der Waals surface area contributed by atoms with Gasteiger partial charge in [-0.05, 0) is 60.7 Å². The van der Waals surface area contributed by atoms with E-state index in [-0.39, 0.29) is 6.10 Å². The number of aryl methyl sites for hydroxylation is 2. The van der Waals surface area contributed by atoms with Crippen molar-refractivity contribution in [2.24, 2.45) is 0 Å². The van der Waals surface area contributed by atoms with Gasteiger partial charge < -0.3 is 14.2 Å². The first-order valence-corrected chi connectivity index (χ1v) is 7.19. The van der Waals surface area contributed by atoms with Gasteiger partial charge in [0.2, 0.25) is 0 Å². The highest BCUT2D eigenvalue weighted by molar-refractivity contribution is 5.48. The summed E-state index contributed by atoms with van der Waals surface area (Å²) in [6.45, 7) is 2.07. The van der Waals surface area contributed by atoms with E-state index in [2.05, 4.69) is 25.1 Å². The van der Waals surface area contributed by atoms with Gasteiger partial charge in [0.05, 0.1) is 14.2 Å². The summed E-state index contributed by atoms with van der Waals surface area (Å²) in [5.41, 5.74) is 3.55. The van der Waals surface area contributed by atoms with Crippen LogP contribution in [0.5, 0.6) is 17.2 Å². The molecule has 0 bridgehead atoms. The number of fused-ring (bicyclic) bond motifs is 1. The Morgan fingerprint density at radius 3 is 2.38 bits per heavy atom. The molecule has 2 aromatic carbocycles. The Bertz CT molecular complexity index is 632. The van der Waals surface area contributed by atoms with Crippen LogP contribution in [-0.4, -0.2) is 14.2 Å². The van der Waals surface area contributed by atoms with E-state index in [0.29, 0.717) is 0 Å². The normalized spacial score (nSPS) is 16.8. The van der Waals surface area contributed by atoms with E-state index in [1.807, 2.05) is 18.2 Å². The predicted octanol–water partition coefficient (Wildman–Crippen LogP) is 4.08. The third-order valence-corrected chi connectivity index (χ3v) is 3.98. The average Bonchev–Trinajstić information content (AvgIpc) is 2.54. The lowest BCUT2D eigenvalue weighted by Crippen LogP contribution is -2.16. The summed E-state index contributed by atoms with van der Waals surface area (Å²) in [5.74, 6) is 2.77. The lowest BCUT2D eigenvalue weighted by Gasteiger charge is -2.28. The topological polar surface area (TPSA) is 27.7 Å². The van der Waals surface area contributed by atoms with Crippen LogP contribution in [0, 0.1) is 6.92 Å². The summed E-state index contributed by atoms with van der Waals surface area (Å²) in [7, 11) is 3.38. The number of hydrogen-bond acceptors (Lipinski definition) is 3. The highest BCUT2D eigenvalue weighted by atomic mass is 16.5. The van der Waals surface area contributed by atoms with E-state index < -0.39 is 0 Å². The zero-order valence-electron chi connectivity index (χ0n) is 12.7. The molecule has 0 spiro atoms. The van der Waals surface area contributed by atoms with Crippen molar-refractivity contribution in [1.29, 1.82) is 0 Å². The monoisotopic (exact) mass is 284 g/mol. The van der Waals surface area contributed by atoms with Gasteiger partial charge in [0, 0.05) is 0 Å². The second-order valence-electron chi connectivity index (χ2n) is 5.35. The summed E-state index contributed by atoms with van der Waals surface area (Å²) < 4.78 is 16.8. The first-order valence-electron chi connectivity index (χ1n) is 7.19. The van der Waals surface area contributed by atoms with Crippen LogP contribution in [0.4, 0.5) is 0 Å². The molecule has 0 radical (unpaired) electrons. The molecule has 3 heteroatoms. The maximum absolute atomic E-state index is 6.23. The fourth-order valence-electron chi connectivity index (χ4n) is 2.82. The van der Waals surface area contributed by atoms with Gasteiger partial charge in [0.25, 0.3) is 0 Å². The van der Waals surface area contributed by atoms with Crippen molar-refractivity contribution < 1.29 is 14.2 Å². The molecule has 110 valence electrons. The first-order chi connectivity index (χ1) is 10.2. The molecule has 1 aliphatic rings. The van der Waals surface area contributed by atoms with Crippen LogP contribution in [0.1, 0.15) is 29.2 Å². The molecule has 3 nitrogen and oxygen atoms in total. The SMILES string of the molecule is COc1ccc(C2CCc3cc(OC)cc(C)c3O2)cc1. The van der Waals surface area contributed by atoms with Crippen LogP contribution in [0.25, 0.3) is 0 Å². The summed E-state index contributed by atoms with van der Waals surface area (Å²) >= 11 is 0. The molecule has 3 rings (SSSR count). The number of benzene rings is 2. The van der Waals surface area contributed by atoms with E-state index in [9.17, 15) is 0 Å². The van der Waals surface area contributed by atoms with Crippen molar-refractivity contribution in [3.8, 4) is 17.2 Å². The molecule has 0 aliphatic carbocycles. The lowest BCUT2D eigenvalue weighted by atomic mass is 9.95. The molecule has 0 saturated carbocycles. The van der Waals surface area contributed by atoms with Crippen molar-refractivity contribution in [3.05, 3.63) is 53.1 Å². The van der Waals surface area contributed by atoms with Gasteiger partial charge in [-0.2, -0.15) is 0 Å². The molecule has 0 aromatic heterocycles. The Kier molecular flexibility index (Phi) is 3.74. The Morgan fingerprint density at radius 1 is 1.00 bits per heavy atom. The minimum atomic E-state index is 0.107. The third-order valence-electron chi connectivity index (χ3n) is 3.98. The quantitative estimate of drug-likeness (QED) is 0.850. The minimum Gasteiger partial charge on any atom is -0.497 e. The standard InChI is InChI=1S/C18H20O3/c1-12-10-16(20-3)11-14-6-9-17(21-18(12)14)13-4-7-15(19-2)8-5-13/h4-5,7-8,10-11,17H,6,9H2,1-3H3. The Morgan fingerprint density at radius 2 is 1.71 bits per heavy atom. The Labute approximate surface area is 125 Å². The van der Waals surface area contributed by atoms with E-state index in [1.165, 1.54) is 11.1 Å². The smallest absolute Gasteiger partial charge is 0.126 e. The van der Waals surface area contributed by atoms with Crippen LogP contribution in [0.15, 0.2) is 36.4 Å². The molecule has 2 aromatic rings. The summed E-state index contributed by atoms with van der Waals surface area (Å²) in [6, 6.07) is 12.2. The van der Waals surface area contributed by atoms with Crippen molar-refractivity contribution in [3.63, 3.8) is 0 Å². The maximum Gasteiger partial charge on any atom is 0.126 e. The van der Waals surface area contributed by atoms with Crippen molar-refractivity contribution in [2.45, 2.75) is 25.9 Å². The van der Waals surface area contributed by atoms with Crippen LogP contribution in [-0.2, 0) is 6.42 Å². The molecule has 1 atom stereocenters. The second-order valence-corrected chi connectivity index (χ2v) is 5.35. The van der Waals surface area contributed by atoms with Gasteiger partial charge in [0.15, 0.2) is 0 Å². The number of methoxy groups -OCH3 is 2. The summed E-state index contributed by atoms with van der Waals surface area (Å²) in [6.07, 6.45) is 2.09. The van der Waals surface area contributed by atoms with Crippen molar-refractivity contribution >= 4 is 0 Å². The van der Waals surface area contributed by atoms with Gasteiger partial charge in [-0.3, -0.25) is 0 Å². The van der Waals surface area contributed by atoms with E-state index in [0.717, 1.165) is 35.7 Å². The zero-order chi connectivity index (χ0) is 14.8. The molecule has 1 heterocycles. The molecule has 21 heavy (non-hydrogen) atoms. The molecule has 1 aliphatic heterocycles. The summed E-state index contributed by atoms with van der Waals surface area (Å²) in [4.78, 5) is 0. The van der Waals surface area contributed by atoms with Gasteiger partial charge in [-0.25, -0.2) is 0 Å². The predicted molar refractivity (Wildman–Crippen MR) is 82.4 cm³/mol. The van der Waals surface area contributed by atoms with Crippen molar-refractivity contribution in [2.75, 3.05) is 14.2 Å². The fourth-order valence-corrected chi connectivity index (χ4v) is 2.82. The third kappa shape index (κ3) is 2.68. The molecule has 0 fully saturated rings. The van der Waals surface area contributed by atoms with Gasteiger partial charge in [0.1, 0.15) is 23.4 Å². The first kappa shape index (κ1) is 13.8. The van der Waals surface area contributed by atoms with Gasteiger partial charge in [-0.15, -0.1) is 0 Å². The molecule has 0 N–H and O–H groups in total. The van der Waals surface area contributed by atoms with Crippen LogP contribution in [0.2, 0.25) is 0 Å².